The summed E-state index contributed by atoms with van der Waals surface area (Å²) in [5.41, 5.74) is 0.846. The number of amides is 1. The first kappa shape index (κ1) is 12.9. The van der Waals surface area contributed by atoms with Gasteiger partial charge >= 0.3 is 0 Å². The maximum absolute atomic E-state index is 12.1. The van der Waals surface area contributed by atoms with Gasteiger partial charge in [0.2, 0.25) is 5.91 Å². The highest BCUT2D eigenvalue weighted by atomic mass is 16.3. The van der Waals surface area contributed by atoms with Gasteiger partial charge in [0.05, 0.1) is 0 Å². The lowest BCUT2D eigenvalue weighted by Crippen LogP contribution is -2.46. The lowest BCUT2D eigenvalue weighted by molar-refractivity contribution is -0.127. The van der Waals surface area contributed by atoms with Crippen LogP contribution in [0, 0.1) is 0 Å². The fourth-order valence-electron chi connectivity index (χ4n) is 2.37. The number of piperazine rings is 1. The number of hydrogen-bond acceptors (Lipinski definition) is 3. The molecule has 1 aromatic carbocycles. The monoisotopic (exact) mass is 270 g/mol. The zero-order valence-corrected chi connectivity index (χ0v) is 11.6. The van der Waals surface area contributed by atoms with Gasteiger partial charge in [-0.25, -0.2) is 0 Å². The lowest BCUT2D eigenvalue weighted by atomic mass is 10.2. The highest BCUT2D eigenvalue weighted by Gasteiger charge is 2.16. The molecule has 4 nitrogen and oxygen atoms in total. The first-order valence-corrected chi connectivity index (χ1v) is 6.86. The van der Waals surface area contributed by atoms with Crippen molar-refractivity contribution in [3.8, 4) is 0 Å². The second-order valence-corrected chi connectivity index (χ2v) is 5.15. The topological polar surface area (TPSA) is 36.7 Å². The summed E-state index contributed by atoms with van der Waals surface area (Å²) < 4.78 is 5.66. The summed E-state index contributed by atoms with van der Waals surface area (Å²) in [6.45, 7) is 3.45. The van der Waals surface area contributed by atoms with E-state index >= 15 is 0 Å². The van der Waals surface area contributed by atoms with Crippen LogP contribution >= 0.6 is 0 Å². The second kappa shape index (κ2) is 5.51. The molecule has 0 spiro atoms. The van der Waals surface area contributed by atoms with Gasteiger partial charge in [-0.2, -0.15) is 0 Å². The summed E-state index contributed by atoms with van der Waals surface area (Å²) in [4.78, 5) is 16.2. The SMILES string of the molecule is CN1CCN(C(=O)/C=C/c2cc3ccccc3o2)CC1. The van der Waals surface area contributed by atoms with Gasteiger partial charge < -0.3 is 14.2 Å². The van der Waals surface area contributed by atoms with Gasteiger partial charge in [0.1, 0.15) is 11.3 Å². The van der Waals surface area contributed by atoms with Crippen molar-refractivity contribution in [3.05, 3.63) is 42.2 Å². The van der Waals surface area contributed by atoms with Crippen LogP contribution in [-0.2, 0) is 4.79 Å². The highest BCUT2D eigenvalue weighted by molar-refractivity contribution is 5.92. The quantitative estimate of drug-likeness (QED) is 0.785. The van der Waals surface area contributed by atoms with E-state index in [1.54, 1.807) is 12.2 Å². The Morgan fingerprint density at radius 1 is 1.20 bits per heavy atom. The summed E-state index contributed by atoms with van der Waals surface area (Å²) in [5, 5.41) is 1.05. The van der Waals surface area contributed by atoms with Gasteiger partial charge in [-0.05, 0) is 25.3 Å². The summed E-state index contributed by atoms with van der Waals surface area (Å²) in [7, 11) is 2.08. The molecular weight excluding hydrogens is 252 g/mol. The molecule has 1 aliphatic heterocycles. The number of likely N-dealkylation sites (N-methyl/N-ethyl adjacent to an activating group) is 1. The number of furan rings is 1. The summed E-state index contributed by atoms with van der Waals surface area (Å²) in [6, 6.07) is 9.78. The number of carbonyl (C=O) groups excluding carboxylic acids is 1. The molecule has 0 aliphatic carbocycles. The second-order valence-electron chi connectivity index (χ2n) is 5.15. The van der Waals surface area contributed by atoms with E-state index in [2.05, 4.69) is 11.9 Å². The summed E-state index contributed by atoms with van der Waals surface area (Å²) >= 11 is 0. The van der Waals surface area contributed by atoms with Crippen LogP contribution in [0.15, 0.2) is 40.8 Å². The van der Waals surface area contributed by atoms with E-state index < -0.39 is 0 Å². The van der Waals surface area contributed by atoms with Crippen molar-refractivity contribution >= 4 is 23.0 Å². The maximum Gasteiger partial charge on any atom is 0.246 e. The summed E-state index contributed by atoms with van der Waals surface area (Å²) in [6.07, 6.45) is 3.35. The molecule has 3 rings (SSSR count). The van der Waals surface area contributed by atoms with Crippen LogP contribution in [0.4, 0.5) is 0 Å². The van der Waals surface area contributed by atoms with Crippen molar-refractivity contribution in [2.24, 2.45) is 0 Å². The number of hydrogen-bond donors (Lipinski definition) is 0. The molecule has 2 heterocycles. The van der Waals surface area contributed by atoms with Crippen LogP contribution < -0.4 is 0 Å². The Kier molecular flexibility index (Phi) is 3.56. The average molecular weight is 270 g/mol. The maximum atomic E-state index is 12.1. The van der Waals surface area contributed by atoms with E-state index in [1.807, 2.05) is 35.2 Å². The molecule has 1 aromatic heterocycles. The van der Waals surface area contributed by atoms with E-state index in [9.17, 15) is 4.79 Å². The molecule has 0 bridgehead atoms. The largest absolute Gasteiger partial charge is 0.457 e. The summed E-state index contributed by atoms with van der Waals surface area (Å²) in [5.74, 6) is 0.771. The molecule has 1 fully saturated rings. The van der Waals surface area contributed by atoms with E-state index in [-0.39, 0.29) is 5.91 Å². The molecule has 0 atom stereocenters. The van der Waals surface area contributed by atoms with E-state index in [1.165, 1.54) is 0 Å². The molecule has 0 unspecified atom stereocenters. The van der Waals surface area contributed by atoms with E-state index in [0.29, 0.717) is 5.76 Å². The van der Waals surface area contributed by atoms with Crippen LogP contribution in [-0.4, -0.2) is 48.9 Å². The zero-order chi connectivity index (χ0) is 13.9. The Morgan fingerprint density at radius 2 is 1.95 bits per heavy atom. The molecule has 0 radical (unpaired) electrons. The Hall–Kier alpha value is -2.07. The van der Waals surface area contributed by atoms with Gasteiger partial charge in [0.15, 0.2) is 0 Å². The molecule has 1 amide bonds. The van der Waals surface area contributed by atoms with Crippen molar-refractivity contribution in [2.75, 3.05) is 33.2 Å². The molecular formula is C16H18N2O2. The van der Waals surface area contributed by atoms with Gasteiger partial charge in [0.25, 0.3) is 0 Å². The minimum absolute atomic E-state index is 0.0542. The van der Waals surface area contributed by atoms with Crippen molar-refractivity contribution in [3.63, 3.8) is 0 Å². The minimum Gasteiger partial charge on any atom is -0.457 e. The Balaban J connectivity index is 1.68. The van der Waals surface area contributed by atoms with Crippen LogP contribution in [0.1, 0.15) is 5.76 Å². The van der Waals surface area contributed by atoms with E-state index in [0.717, 1.165) is 37.1 Å². The lowest BCUT2D eigenvalue weighted by Gasteiger charge is -2.31. The zero-order valence-electron chi connectivity index (χ0n) is 11.6. The smallest absolute Gasteiger partial charge is 0.246 e. The Labute approximate surface area is 118 Å². The number of nitrogens with zero attached hydrogens (tertiary/aromatic N) is 2. The fraction of sp³-hybridized carbons (Fsp3) is 0.312. The number of carbonyl (C=O) groups is 1. The number of benzene rings is 1. The van der Waals surface area contributed by atoms with E-state index in [4.69, 9.17) is 4.42 Å². The van der Waals surface area contributed by atoms with Crippen molar-refractivity contribution < 1.29 is 9.21 Å². The van der Waals surface area contributed by atoms with Gasteiger partial charge in [-0.15, -0.1) is 0 Å². The normalized spacial score (nSPS) is 17.1. The molecule has 1 aliphatic rings. The molecule has 0 N–H and O–H groups in total. The number of fused-ring (bicyclic) bond motifs is 1. The van der Waals surface area contributed by atoms with Crippen LogP contribution in [0.2, 0.25) is 0 Å². The fourth-order valence-corrected chi connectivity index (χ4v) is 2.37. The molecule has 0 saturated carbocycles. The third-order valence-corrected chi connectivity index (χ3v) is 3.65. The molecule has 2 aromatic rings. The van der Waals surface area contributed by atoms with Crippen LogP contribution in [0.25, 0.3) is 17.0 Å². The van der Waals surface area contributed by atoms with Gasteiger partial charge in [-0.3, -0.25) is 4.79 Å². The van der Waals surface area contributed by atoms with Crippen molar-refractivity contribution in [1.82, 2.24) is 9.80 Å². The predicted octanol–water partition coefficient (Wildman–Crippen LogP) is 2.22. The van der Waals surface area contributed by atoms with Gasteiger partial charge in [-0.1, -0.05) is 18.2 Å². The number of para-hydroxylation sites is 1. The molecule has 104 valence electrons. The van der Waals surface area contributed by atoms with Crippen molar-refractivity contribution in [1.29, 1.82) is 0 Å². The van der Waals surface area contributed by atoms with Crippen LogP contribution in [0.5, 0.6) is 0 Å². The predicted molar refractivity (Wildman–Crippen MR) is 79.3 cm³/mol. The van der Waals surface area contributed by atoms with Crippen molar-refractivity contribution in [2.45, 2.75) is 0 Å². The minimum atomic E-state index is 0.0542. The molecule has 1 saturated heterocycles. The first-order chi connectivity index (χ1) is 9.72. The number of rotatable bonds is 2. The molecule has 20 heavy (non-hydrogen) atoms. The standard InChI is InChI=1S/C16H18N2O2/c1-17-8-10-18(11-9-17)16(19)7-6-14-12-13-4-2-3-5-15(13)20-14/h2-7,12H,8-11H2,1H3/b7-6+. The molecule has 4 heteroatoms. The average Bonchev–Trinajstić information content (AvgIpc) is 2.88. The van der Waals surface area contributed by atoms with Gasteiger partial charge in [0, 0.05) is 37.6 Å². The van der Waals surface area contributed by atoms with Crippen LogP contribution in [0.3, 0.4) is 0 Å². The third kappa shape index (κ3) is 2.75. The highest BCUT2D eigenvalue weighted by Crippen LogP contribution is 2.19. The Bertz CT molecular complexity index is 604. The Morgan fingerprint density at radius 3 is 2.70 bits per heavy atom. The third-order valence-electron chi connectivity index (χ3n) is 3.65. The first-order valence-electron chi connectivity index (χ1n) is 6.86.